The summed E-state index contributed by atoms with van der Waals surface area (Å²) in [6, 6.07) is 18.9. The molecule has 1 aliphatic heterocycles. The molecule has 0 saturated heterocycles. The first kappa shape index (κ1) is 27.4. The SMILES string of the molecule is COc1ccc(NC(=O)CSc2nnc(N3C(N)=C(C#N)C(c4ccccc4)C4=C3CC(C)(C)CC4=O)s2)cc1. The van der Waals surface area contributed by atoms with Crippen molar-refractivity contribution >= 4 is 45.6 Å². The van der Waals surface area contributed by atoms with Crippen molar-refractivity contribution in [2.24, 2.45) is 11.1 Å². The number of hydrogen-bond donors (Lipinski definition) is 2. The summed E-state index contributed by atoms with van der Waals surface area (Å²) in [4.78, 5) is 27.8. The van der Waals surface area contributed by atoms with E-state index in [1.165, 1.54) is 23.1 Å². The van der Waals surface area contributed by atoms with Gasteiger partial charge in [0.15, 0.2) is 10.1 Å². The number of hydrogen-bond acceptors (Lipinski definition) is 10. The Labute approximate surface area is 240 Å². The standard InChI is InChI=1S/C29H28N6O3S2/c1-29(2)13-21-25(22(36)14-29)24(17-7-5-4-6-8-17)20(15-30)26(31)35(21)27-33-34-28(40-27)39-16-23(37)32-18-9-11-19(38-3)12-10-18/h4-12,24H,13-14,16,31H2,1-3H3,(H,32,37). The summed E-state index contributed by atoms with van der Waals surface area (Å²) in [6.45, 7) is 4.10. The minimum absolute atomic E-state index is 0.000306. The molecule has 2 aromatic carbocycles. The van der Waals surface area contributed by atoms with Crippen LogP contribution in [0.15, 0.2) is 81.6 Å². The fourth-order valence-electron chi connectivity index (χ4n) is 5.06. The van der Waals surface area contributed by atoms with Gasteiger partial charge in [0, 0.05) is 23.4 Å². The van der Waals surface area contributed by atoms with Gasteiger partial charge in [-0.3, -0.25) is 14.5 Å². The van der Waals surface area contributed by atoms with E-state index in [1.807, 2.05) is 44.2 Å². The molecule has 0 fully saturated rings. The lowest BCUT2D eigenvalue weighted by Gasteiger charge is -2.42. The summed E-state index contributed by atoms with van der Waals surface area (Å²) in [5.74, 6) is 0.349. The molecule has 1 unspecified atom stereocenters. The van der Waals surface area contributed by atoms with Crippen LogP contribution in [0.25, 0.3) is 0 Å². The number of carbonyl (C=O) groups is 2. The number of aromatic nitrogens is 2. The van der Waals surface area contributed by atoms with Gasteiger partial charge < -0.3 is 15.8 Å². The number of ketones is 1. The van der Waals surface area contributed by atoms with Gasteiger partial charge in [-0.1, -0.05) is 67.3 Å². The number of benzene rings is 2. The van der Waals surface area contributed by atoms with E-state index in [-0.39, 0.29) is 28.7 Å². The van der Waals surface area contributed by atoms with Crippen LogP contribution < -0.4 is 20.7 Å². The third-order valence-electron chi connectivity index (χ3n) is 6.80. The van der Waals surface area contributed by atoms with Crippen LogP contribution in [0.1, 0.15) is 38.2 Å². The Morgan fingerprint density at radius 3 is 2.60 bits per heavy atom. The molecule has 204 valence electrons. The monoisotopic (exact) mass is 572 g/mol. The van der Waals surface area contributed by atoms with Crippen LogP contribution in [0.3, 0.4) is 0 Å². The van der Waals surface area contributed by atoms with Gasteiger partial charge >= 0.3 is 0 Å². The Kier molecular flexibility index (Phi) is 7.65. The lowest BCUT2D eigenvalue weighted by atomic mass is 9.69. The maximum atomic E-state index is 13.6. The zero-order valence-corrected chi connectivity index (χ0v) is 23.9. The molecule has 1 amide bonds. The van der Waals surface area contributed by atoms with Crippen molar-refractivity contribution in [2.75, 3.05) is 23.1 Å². The molecule has 0 spiro atoms. The van der Waals surface area contributed by atoms with E-state index in [2.05, 4.69) is 21.6 Å². The van der Waals surface area contributed by atoms with E-state index in [0.717, 1.165) is 11.3 Å². The van der Waals surface area contributed by atoms with Gasteiger partial charge in [0.05, 0.1) is 30.4 Å². The normalized spacial score (nSPS) is 18.3. The molecule has 0 radical (unpaired) electrons. The molecule has 2 aliphatic rings. The van der Waals surface area contributed by atoms with Gasteiger partial charge in [-0.15, -0.1) is 10.2 Å². The van der Waals surface area contributed by atoms with Crippen LogP contribution in [-0.4, -0.2) is 34.8 Å². The molecular weight excluding hydrogens is 544 g/mol. The molecule has 1 aliphatic carbocycles. The average molecular weight is 573 g/mol. The van der Waals surface area contributed by atoms with Gasteiger partial charge in [-0.2, -0.15) is 5.26 Å². The average Bonchev–Trinajstić information content (AvgIpc) is 3.40. The second kappa shape index (κ2) is 11.2. The maximum Gasteiger partial charge on any atom is 0.234 e. The van der Waals surface area contributed by atoms with Gasteiger partial charge in [-0.25, -0.2) is 0 Å². The summed E-state index contributed by atoms with van der Waals surface area (Å²) < 4.78 is 5.71. The maximum absolute atomic E-state index is 13.6. The van der Waals surface area contributed by atoms with Crippen molar-refractivity contribution < 1.29 is 14.3 Å². The fraction of sp³-hybridized carbons (Fsp3) is 0.276. The third-order valence-corrected chi connectivity index (χ3v) is 8.84. The summed E-state index contributed by atoms with van der Waals surface area (Å²) in [7, 11) is 1.58. The van der Waals surface area contributed by atoms with E-state index in [1.54, 1.807) is 36.3 Å². The number of Topliss-reactive ketones (excluding diaryl/α,β-unsaturated/α-hetero) is 1. The number of ether oxygens (including phenoxy) is 1. The van der Waals surface area contributed by atoms with E-state index < -0.39 is 5.92 Å². The number of nitrogens with zero attached hydrogens (tertiary/aromatic N) is 4. The number of amides is 1. The molecule has 3 N–H and O–H groups in total. The molecule has 1 atom stereocenters. The van der Waals surface area contributed by atoms with Crippen LogP contribution in [0.5, 0.6) is 5.75 Å². The number of thioether (sulfide) groups is 1. The number of rotatable bonds is 7. The Balaban J connectivity index is 1.42. The van der Waals surface area contributed by atoms with Crippen molar-refractivity contribution in [1.29, 1.82) is 5.26 Å². The minimum atomic E-state index is -0.538. The number of nitrogens with one attached hydrogen (secondary N) is 1. The first-order chi connectivity index (χ1) is 19.2. The molecule has 0 bridgehead atoms. The molecule has 0 saturated carbocycles. The second-order valence-electron chi connectivity index (χ2n) is 10.3. The smallest absolute Gasteiger partial charge is 0.234 e. The minimum Gasteiger partial charge on any atom is -0.497 e. The second-order valence-corrected chi connectivity index (χ2v) is 12.5. The van der Waals surface area contributed by atoms with E-state index >= 15 is 0 Å². The Morgan fingerprint density at radius 1 is 1.20 bits per heavy atom. The molecule has 5 rings (SSSR count). The number of allylic oxidation sites excluding steroid dienone is 3. The van der Waals surface area contributed by atoms with Crippen molar-refractivity contribution in [1.82, 2.24) is 10.2 Å². The van der Waals surface area contributed by atoms with Crippen molar-refractivity contribution in [3.05, 3.63) is 82.8 Å². The lowest BCUT2D eigenvalue weighted by molar-refractivity contribution is -0.118. The first-order valence-corrected chi connectivity index (χ1v) is 14.4. The molecular formula is C29H28N6O3S2. The highest BCUT2D eigenvalue weighted by Gasteiger charge is 2.45. The predicted molar refractivity (Wildman–Crippen MR) is 156 cm³/mol. The molecule has 11 heteroatoms. The molecule has 2 heterocycles. The predicted octanol–water partition coefficient (Wildman–Crippen LogP) is 5.22. The van der Waals surface area contributed by atoms with E-state index in [4.69, 9.17) is 10.5 Å². The van der Waals surface area contributed by atoms with Gasteiger partial charge in [0.2, 0.25) is 11.0 Å². The van der Waals surface area contributed by atoms with Crippen LogP contribution in [0, 0.1) is 16.7 Å². The summed E-state index contributed by atoms with van der Waals surface area (Å²) >= 11 is 2.52. The molecule has 9 nitrogen and oxygen atoms in total. The van der Waals surface area contributed by atoms with Gasteiger partial charge in [0.1, 0.15) is 11.6 Å². The first-order valence-electron chi connectivity index (χ1n) is 12.6. The number of anilines is 2. The van der Waals surface area contributed by atoms with Crippen LogP contribution in [0.2, 0.25) is 0 Å². The number of nitriles is 1. The van der Waals surface area contributed by atoms with Crippen molar-refractivity contribution in [3.63, 3.8) is 0 Å². The lowest BCUT2D eigenvalue weighted by Crippen LogP contribution is -2.42. The third kappa shape index (κ3) is 5.46. The highest BCUT2D eigenvalue weighted by atomic mass is 32.2. The van der Waals surface area contributed by atoms with Gasteiger partial charge in [-0.05, 0) is 41.7 Å². The zero-order chi connectivity index (χ0) is 28.4. The largest absolute Gasteiger partial charge is 0.497 e. The highest BCUT2D eigenvalue weighted by molar-refractivity contribution is 8.01. The van der Waals surface area contributed by atoms with Crippen LogP contribution in [0.4, 0.5) is 10.8 Å². The summed E-state index contributed by atoms with van der Waals surface area (Å²) in [5.41, 5.74) is 9.53. The van der Waals surface area contributed by atoms with Crippen LogP contribution >= 0.6 is 23.1 Å². The topological polar surface area (TPSA) is 134 Å². The molecule has 1 aromatic heterocycles. The van der Waals surface area contributed by atoms with Crippen molar-refractivity contribution in [2.45, 2.75) is 36.9 Å². The fourth-order valence-corrected chi connectivity index (χ4v) is 6.74. The van der Waals surface area contributed by atoms with E-state index in [9.17, 15) is 14.9 Å². The number of nitrogens with two attached hydrogens (primary N) is 1. The number of methoxy groups -OCH3 is 1. The van der Waals surface area contributed by atoms with Crippen LogP contribution in [-0.2, 0) is 9.59 Å². The zero-order valence-electron chi connectivity index (χ0n) is 22.3. The molecule has 3 aromatic rings. The summed E-state index contributed by atoms with van der Waals surface area (Å²) in [6.07, 6.45) is 0.964. The summed E-state index contributed by atoms with van der Waals surface area (Å²) in [5, 5.41) is 22.1. The Morgan fingerprint density at radius 2 is 1.93 bits per heavy atom. The van der Waals surface area contributed by atoms with Gasteiger partial charge in [0.25, 0.3) is 0 Å². The Hall–Kier alpha value is -4.14. The van der Waals surface area contributed by atoms with Crippen molar-refractivity contribution in [3.8, 4) is 11.8 Å². The quantitative estimate of drug-likeness (QED) is 0.366. The van der Waals surface area contributed by atoms with E-state index in [0.29, 0.717) is 44.9 Å². The number of carbonyl (C=O) groups excluding carboxylic acids is 2. The molecule has 40 heavy (non-hydrogen) atoms. The Bertz CT molecular complexity index is 1550. The highest BCUT2D eigenvalue weighted by Crippen LogP contribution is 2.50.